The zero-order valence-electron chi connectivity index (χ0n) is 7.74. The first kappa shape index (κ1) is 8.68. The Labute approximate surface area is 91.2 Å². The van der Waals surface area contributed by atoms with Gasteiger partial charge < -0.3 is 9.64 Å². The first-order valence-electron chi connectivity index (χ1n) is 4.83. The predicted octanol–water partition coefficient (Wildman–Crippen LogP) is 2.52. The van der Waals surface area contributed by atoms with Gasteiger partial charge >= 0.3 is 0 Å². The topological polar surface area (TPSA) is 25.4 Å². The molecule has 3 rings (SSSR count). The van der Waals surface area contributed by atoms with E-state index in [9.17, 15) is 0 Å². The highest BCUT2D eigenvalue weighted by Crippen LogP contribution is 2.46. The molecule has 3 nitrogen and oxygen atoms in total. The van der Waals surface area contributed by atoms with Crippen LogP contribution in [0.4, 0.5) is 5.82 Å². The van der Waals surface area contributed by atoms with Crippen molar-refractivity contribution >= 4 is 21.7 Å². The van der Waals surface area contributed by atoms with Gasteiger partial charge in [-0.05, 0) is 47.3 Å². The van der Waals surface area contributed by atoms with E-state index in [1.807, 2.05) is 18.3 Å². The molecule has 2 heterocycles. The minimum absolute atomic E-state index is 0.0147. The molecule has 0 unspecified atom stereocenters. The lowest BCUT2D eigenvalue weighted by Gasteiger charge is -2.57. The molecule has 1 saturated heterocycles. The SMILES string of the molecule is Brc1ccc(N2COC23CCC3)nc1. The summed E-state index contributed by atoms with van der Waals surface area (Å²) >= 11 is 3.38. The van der Waals surface area contributed by atoms with Gasteiger partial charge in [-0.25, -0.2) is 4.98 Å². The number of aromatic nitrogens is 1. The zero-order chi connectivity index (χ0) is 9.60. The van der Waals surface area contributed by atoms with Crippen molar-refractivity contribution in [3.63, 3.8) is 0 Å². The average Bonchev–Trinajstić information content (AvgIpc) is 2.04. The fourth-order valence-corrected chi connectivity index (χ4v) is 2.24. The molecule has 0 amide bonds. The summed E-state index contributed by atoms with van der Waals surface area (Å²) in [5.74, 6) is 1.03. The highest BCUT2D eigenvalue weighted by Gasteiger charge is 2.51. The predicted molar refractivity (Wildman–Crippen MR) is 57.0 cm³/mol. The molecule has 0 atom stereocenters. The molecular formula is C10H11BrN2O. The van der Waals surface area contributed by atoms with Gasteiger partial charge in [0, 0.05) is 10.7 Å². The van der Waals surface area contributed by atoms with E-state index in [2.05, 4.69) is 25.8 Å². The second-order valence-corrected chi connectivity index (χ2v) is 4.75. The monoisotopic (exact) mass is 254 g/mol. The standard InChI is InChI=1S/C10H11BrN2O/c11-8-2-3-9(12-6-8)13-7-14-10(13)4-1-5-10/h2-3,6H,1,4-5,7H2. The van der Waals surface area contributed by atoms with Crippen LogP contribution in [0.3, 0.4) is 0 Å². The fourth-order valence-electron chi connectivity index (χ4n) is 2.01. The van der Waals surface area contributed by atoms with Gasteiger partial charge in [0.15, 0.2) is 0 Å². The Morgan fingerprint density at radius 2 is 2.29 bits per heavy atom. The van der Waals surface area contributed by atoms with Crippen LogP contribution in [0.25, 0.3) is 0 Å². The van der Waals surface area contributed by atoms with Crippen molar-refractivity contribution in [3.05, 3.63) is 22.8 Å². The van der Waals surface area contributed by atoms with Crippen LogP contribution < -0.4 is 4.90 Å². The van der Waals surface area contributed by atoms with E-state index in [1.165, 1.54) is 6.42 Å². The number of halogens is 1. The minimum Gasteiger partial charge on any atom is -0.335 e. The van der Waals surface area contributed by atoms with Crippen LogP contribution >= 0.6 is 15.9 Å². The Morgan fingerprint density at radius 3 is 2.71 bits per heavy atom. The molecule has 1 aliphatic heterocycles. The number of ether oxygens (including phenoxy) is 1. The molecule has 74 valence electrons. The van der Waals surface area contributed by atoms with E-state index in [-0.39, 0.29) is 5.72 Å². The van der Waals surface area contributed by atoms with Gasteiger partial charge in [0.25, 0.3) is 0 Å². The van der Waals surface area contributed by atoms with Gasteiger partial charge in [-0.15, -0.1) is 0 Å². The lowest BCUT2D eigenvalue weighted by molar-refractivity contribution is -0.186. The van der Waals surface area contributed by atoms with Crippen LogP contribution in [-0.2, 0) is 4.74 Å². The molecule has 1 saturated carbocycles. The molecule has 4 heteroatoms. The third kappa shape index (κ3) is 1.10. The summed E-state index contributed by atoms with van der Waals surface area (Å²) in [6, 6.07) is 4.06. The van der Waals surface area contributed by atoms with Gasteiger partial charge in [0.05, 0.1) is 0 Å². The summed E-state index contributed by atoms with van der Waals surface area (Å²) in [5, 5.41) is 0. The quantitative estimate of drug-likeness (QED) is 0.771. The molecule has 2 fully saturated rings. The second kappa shape index (κ2) is 2.94. The third-order valence-corrected chi connectivity index (χ3v) is 3.55. The maximum absolute atomic E-state index is 5.63. The lowest BCUT2D eigenvalue weighted by atomic mass is 9.85. The number of rotatable bonds is 1. The number of pyridine rings is 1. The van der Waals surface area contributed by atoms with E-state index in [0.717, 1.165) is 23.1 Å². The molecule has 1 aromatic heterocycles. The van der Waals surface area contributed by atoms with Crippen LogP contribution in [0.1, 0.15) is 19.3 Å². The van der Waals surface area contributed by atoms with Crippen molar-refractivity contribution in [2.75, 3.05) is 11.6 Å². The average molecular weight is 255 g/mol. The summed E-state index contributed by atoms with van der Waals surface area (Å²) in [5.41, 5.74) is 0.0147. The molecule has 1 aliphatic carbocycles. The molecule has 14 heavy (non-hydrogen) atoms. The smallest absolute Gasteiger partial charge is 0.146 e. The summed E-state index contributed by atoms with van der Waals surface area (Å²) < 4.78 is 6.64. The maximum Gasteiger partial charge on any atom is 0.146 e. The van der Waals surface area contributed by atoms with E-state index < -0.39 is 0 Å². The first-order chi connectivity index (χ1) is 6.80. The summed E-state index contributed by atoms with van der Waals surface area (Å²) in [6.07, 6.45) is 5.39. The summed E-state index contributed by atoms with van der Waals surface area (Å²) in [6.45, 7) is 0.689. The molecule has 0 N–H and O–H groups in total. The normalized spacial score (nSPS) is 23.1. The Morgan fingerprint density at radius 1 is 1.43 bits per heavy atom. The number of hydrogen-bond acceptors (Lipinski definition) is 3. The number of anilines is 1. The highest BCUT2D eigenvalue weighted by atomic mass is 79.9. The zero-order valence-corrected chi connectivity index (χ0v) is 9.33. The molecular weight excluding hydrogens is 244 g/mol. The molecule has 0 bridgehead atoms. The number of hydrogen-bond donors (Lipinski definition) is 0. The largest absolute Gasteiger partial charge is 0.335 e. The van der Waals surface area contributed by atoms with Crippen LogP contribution in [0.5, 0.6) is 0 Å². The van der Waals surface area contributed by atoms with Crippen molar-refractivity contribution in [3.8, 4) is 0 Å². The van der Waals surface area contributed by atoms with Crippen molar-refractivity contribution in [1.29, 1.82) is 0 Å². The van der Waals surface area contributed by atoms with Crippen molar-refractivity contribution in [2.45, 2.75) is 25.0 Å². The van der Waals surface area contributed by atoms with Crippen LogP contribution in [-0.4, -0.2) is 17.4 Å². The van der Waals surface area contributed by atoms with Crippen LogP contribution in [0, 0.1) is 0 Å². The Kier molecular flexibility index (Phi) is 1.82. The summed E-state index contributed by atoms with van der Waals surface area (Å²) in [7, 11) is 0. The van der Waals surface area contributed by atoms with Gasteiger partial charge in [0.2, 0.25) is 0 Å². The molecule has 0 aromatic carbocycles. The van der Waals surface area contributed by atoms with E-state index >= 15 is 0 Å². The molecule has 1 aromatic rings. The Balaban J connectivity index is 1.85. The Bertz CT molecular complexity index is 342. The van der Waals surface area contributed by atoms with Gasteiger partial charge in [-0.1, -0.05) is 0 Å². The van der Waals surface area contributed by atoms with Crippen molar-refractivity contribution in [2.24, 2.45) is 0 Å². The fraction of sp³-hybridized carbons (Fsp3) is 0.500. The molecule has 1 spiro atoms. The van der Waals surface area contributed by atoms with Crippen LogP contribution in [0.15, 0.2) is 22.8 Å². The van der Waals surface area contributed by atoms with Gasteiger partial charge in [0.1, 0.15) is 18.3 Å². The van der Waals surface area contributed by atoms with E-state index in [4.69, 9.17) is 4.74 Å². The summed E-state index contributed by atoms with van der Waals surface area (Å²) in [4.78, 5) is 6.63. The second-order valence-electron chi connectivity index (χ2n) is 3.84. The molecule has 0 radical (unpaired) electrons. The highest BCUT2D eigenvalue weighted by molar-refractivity contribution is 9.10. The minimum atomic E-state index is 0.0147. The van der Waals surface area contributed by atoms with E-state index in [0.29, 0.717) is 6.73 Å². The van der Waals surface area contributed by atoms with Gasteiger partial charge in [-0.3, -0.25) is 0 Å². The third-order valence-electron chi connectivity index (χ3n) is 3.08. The van der Waals surface area contributed by atoms with Gasteiger partial charge in [-0.2, -0.15) is 0 Å². The Hall–Kier alpha value is -0.610. The van der Waals surface area contributed by atoms with E-state index in [1.54, 1.807) is 0 Å². The number of nitrogens with zero attached hydrogens (tertiary/aromatic N) is 2. The van der Waals surface area contributed by atoms with Crippen molar-refractivity contribution in [1.82, 2.24) is 4.98 Å². The molecule has 2 aliphatic rings. The maximum atomic E-state index is 5.63. The van der Waals surface area contributed by atoms with Crippen LogP contribution in [0.2, 0.25) is 0 Å². The van der Waals surface area contributed by atoms with Crippen molar-refractivity contribution < 1.29 is 4.74 Å². The first-order valence-corrected chi connectivity index (χ1v) is 5.63. The lowest BCUT2D eigenvalue weighted by Crippen LogP contribution is -2.66.